The summed E-state index contributed by atoms with van der Waals surface area (Å²) >= 11 is 0. The van der Waals surface area contributed by atoms with Gasteiger partial charge in [0.1, 0.15) is 6.61 Å². The van der Waals surface area contributed by atoms with Gasteiger partial charge in [0.05, 0.1) is 12.3 Å². The van der Waals surface area contributed by atoms with Gasteiger partial charge < -0.3 is 9.94 Å². The highest BCUT2D eigenvalue weighted by Gasteiger charge is 2.20. The molecule has 0 aliphatic carbocycles. The molecular weight excluding hydrogens is 178 g/mol. The number of aliphatic hydroxyl groups excluding tert-OH is 1. The molecule has 0 fully saturated rings. The highest BCUT2D eigenvalue weighted by molar-refractivity contribution is 5.91. The van der Waals surface area contributed by atoms with Crippen molar-refractivity contribution in [3.63, 3.8) is 0 Å². The lowest BCUT2D eigenvalue weighted by molar-refractivity contribution is 0.173. The van der Waals surface area contributed by atoms with E-state index in [2.05, 4.69) is 5.16 Å². The lowest BCUT2D eigenvalue weighted by Gasteiger charge is -2.12. The molecule has 0 spiro atoms. The molecule has 1 aromatic carbocycles. The van der Waals surface area contributed by atoms with Gasteiger partial charge in [0.25, 0.3) is 0 Å². The molecule has 3 nitrogen and oxygen atoms in total. The Morgan fingerprint density at radius 3 is 2.71 bits per heavy atom. The minimum Gasteiger partial charge on any atom is -0.395 e. The molecule has 1 atom stereocenters. The predicted molar refractivity (Wildman–Crippen MR) is 54.3 cm³/mol. The van der Waals surface area contributed by atoms with Gasteiger partial charge in [-0.05, 0) is 5.56 Å². The van der Waals surface area contributed by atoms with Gasteiger partial charge in [-0.25, -0.2) is 0 Å². The Bertz CT molecular complexity index is 321. The van der Waals surface area contributed by atoms with Gasteiger partial charge in [-0.15, -0.1) is 0 Å². The molecule has 0 bridgehead atoms. The molecule has 1 unspecified atom stereocenters. The Kier molecular flexibility index (Phi) is 2.79. The summed E-state index contributed by atoms with van der Waals surface area (Å²) in [4.78, 5) is 4.94. The van der Waals surface area contributed by atoms with Crippen molar-refractivity contribution < 1.29 is 9.94 Å². The van der Waals surface area contributed by atoms with Gasteiger partial charge >= 0.3 is 0 Å². The van der Waals surface area contributed by atoms with E-state index in [0.29, 0.717) is 6.61 Å². The van der Waals surface area contributed by atoms with Crippen molar-refractivity contribution in [1.82, 2.24) is 0 Å². The van der Waals surface area contributed by atoms with E-state index >= 15 is 0 Å². The minimum absolute atomic E-state index is 0.00120. The molecule has 74 valence electrons. The quantitative estimate of drug-likeness (QED) is 0.787. The van der Waals surface area contributed by atoms with Crippen molar-refractivity contribution in [2.24, 2.45) is 5.16 Å². The standard InChI is InChI=1S/C11H13NO2/c13-8-10(11-6-7-14-12-11)9-4-2-1-3-5-9/h1-5,10,13H,6-8H2. The van der Waals surface area contributed by atoms with Gasteiger partial charge in [-0.2, -0.15) is 0 Å². The van der Waals surface area contributed by atoms with Crippen LogP contribution in [0.2, 0.25) is 0 Å². The second kappa shape index (κ2) is 4.24. The summed E-state index contributed by atoms with van der Waals surface area (Å²) in [6.45, 7) is 0.727. The molecule has 1 aliphatic rings. The topological polar surface area (TPSA) is 41.8 Å². The Hall–Kier alpha value is -1.35. The molecule has 1 aliphatic heterocycles. The first kappa shape index (κ1) is 9.21. The summed E-state index contributed by atoms with van der Waals surface area (Å²) in [6, 6.07) is 9.90. The number of oxime groups is 1. The zero-order chi connectivity index (χ0) is 9.80. The molecule has 0 amide bonds. The monoisotopic (exact) mass is 191 g/mol. The van der Waals surface area contributed by atoms with Crippen LogP contribution in [0.15, 0.2) is 35.5 Å². The third kappa shape index (κ3) is 1.77. The highest BCUT2D eigenvalue weighted by Crippen LogP contribution is 2.21. The van der Waals surface area contributed by atoms with Crippen LogP contribution in [0.4, 0.5) is 0 Å². The fourth-order valence-electron chi connectivity index (χ4n) is 1.65. The zero-order valence-electron chi connectivity index (χ0n) is 7.89. The normalized spacial score (nSPS) is 17.4. The first-order valence-corrected chi connectivity index (χ1v) is 4.76. The molecule has 0 saturated carbocycles. The first-order chi connectivity index (χ1) is 6.92. The number of benzene rings is 1. The summed E-state index contributed by atoms with van der Waals surface area (Å²) in [5.41, 5.74) is 2.04. The third-order valence-corrected chi connectivity index (χ3v) is 2.42. The summed E-state index contributed by atoms with van der Waals surface area (Å²) in [5, 5.41) is 13.2. The highest BCUT2D eigenvalue weighted by atomic mass is 16.6. The van der Waals surface area contributed by atoms with Gasteiger partial charge in [0.15, 0.2) is 0 Å². The summed E-state index contributed by atoms with van der Waals surface area (Å²) in [7, 11) is 0. The van der Waals surface area contributed by atoms with Crippen LogP contribution in [0.1, 0.15) is 17.9 Å². The molecule has 1 heterocycles. The molecule has 1 aromatic rings. The van der Waals surface area contributed by atoms with E-state index in [4.69, 9.17) is 4.84 Å². The van der Waals surface area contributed by atoms with Crippen molar-refractivity contribution in [2.75, 3.05) is 13.2 Å². The van der Waals surface area contributed by atoms with Crippen LogP contribution in [-0.2, 0) is 4.84 Å². The van der Waals surface area contributed by atoms with Crippen molar-refractivity contribution >= 4 is 5.71 Å². The Morgan fingerprint density at radius 2 is 2.14 bits per heavy atom. The van der Waals surface area contributed by atoms with Gasteiger partial charge in [-0.3, -0.25) is 0 Å². The number of nitrogens with zero attached hydrogens (tertiary/aromatic N) is 1. The molecule has 0 radical (unpaired) electrons. The average molecular weight is 191 g/mol. The summed E-state index contributed by atoms with van der Waals surface area (Å²) in [5.74, 6) is -0.00120. The molecule has 2 rings (SSSR count). The van der Waals surface area contributed by atoms with Crippen molar-refractivity contribution in [1.29, 1.82) is 0 Å². The first-order valence-electron chi connectivity index (χ1n) is 4.76. The van der Waals surface area contributed by atoms with Crippen LogP contribution in [0.5, 0.6) is 0 Å². The second-order valence-corrected chi connectivity index (χ2v) is 3.31. The maximum Gasteiger partial charge on any atom is 0.122 e. The van der Waals surface area contributed by atoms with E-state index in [0.717, 1.165) is 17.7 Å². The van der Waals surface area contributed by atoms with Crippen molar-refractivity contribution in [2.45, 2.75) is 12.3 Å². The number of hydrogen-bond acceptors (Lipinski definition) is 3. The largest absolute Gasteiger partial charge is 0.395 e. The van der Waals surface area contributed by atoms with E-state index in [-0.39, 0.29) is 12.5 Å². The molecule has 0 saturated heterocycles. The molecule has 14 heavy (non-hydrogen) atoms. The fraction of sp³-hybridized carbons (Fsp3) is 0.364. The van der Waals surface area contributed by atoms with Crippen LogP contribution < -0.4 is 0 Å². The Balaban J connectivity index is 2.21. The third-order valence-electron chi connectivity index (χ3n) is 2.42. The second-order valence-electron chi connectivity index (χ2n) is 3.31. The van der Waals surface area contributed by atoms with E-state index in [1.54, 1.807) is 0 Å². The number of aliphatic hydroxyl groups is 1. The Morgan fingerprint density at radius 1 is 1.36 bits per heavy atom. The predicted octanol–water partition coefficient (Wildman–Crippen LogP) is 1.54. The number of hydrogen-bond donors (Lipinski definition) is 1. The SMILES string of the molecule is OCC(C1=NOCC1)c1ccccc1. The van der Waals surface area contributed by atoms with Crippen LogP contribution >= 0.6 is 0 Å². The molecule has 3 heteroatoms. The molecular formula is C11H13NO2. The van der Waals surface area contributed by atoms with E-state index < -0.39 is 0 Å². The summed E-state index contributed by atoms with van der Waals surface area (Å²) < 4.78 is 0. The lowest BCUT2D eigenvalue weighted by atomic mass is 9.93. The van der Waals surface area contributed by atoms with Crippen molar-refractivity contribution in [3.05, 3.63) is 35.9 Å². The van der Waals surface area contributed by atoms with Crippen LogP contribution in [0.25, 0.3) is 0 Å². The fourth-order valence-corrected chi connectivity index (χ4v) is 1.65. The Labute approximate surface area is 83.0 Å². The molecule has 1 N–H and O–H groups in total. The van der Waals surface area contributed by atoms with Crippen LogP contribution in [0, 0.1) is 0 Å². The van der Waals surface area contributed by atoms with E-state index in [1.165, 1.54) is 0 Å². The van der Waals surface area contributed by atoms with E-state index in [1.807, 2.05) is 30.3 Å². The smallest absolute Gasteiger partial charge is 0.122 e. The van der Waals surface area contributed by atoms with Crippen LogP contribution in [-0.4, -0.2) is 24.0 Å². The maximum absolute atomic E-state index is 9.30. The van der Waals surface area contributed by atoms with Gasteiger partial charge in [0.2, 0.25) is 0 Å². The van der Waals surface area contributed by atoms with Crippen LogP contribution in [0.3, 0.4) is 0 Å². The number of rotatable bonds is 3. The van der Waals surface area contributed by atoms with Crippen molar-refractivity contribution in [3.8, 4) is 0 Å². The maximum atomic E-state index is 9.30. The van der Waals surface area contributed by atoms with E-state index in [9.17, 15) is 5.11 Å². The average Bonchev–Trinajstić information content (AvgIpc) is 2.74. The summed E-state index contributed by atoms with van der Waals surface area (Å²) in [6.07, 6.45) is 0.820. The van der Waals surface area contributed by atoms with Gasteiger partial charge in [-0.1, -0.05) is 35.5 Å². The van der Waals surface area contributed by atoms with Gasteiger partial charge in [0, 0.05) is 12.3 Å². The molecule has 0 aromatic heterocycles. The lowest BCUT2D eigenvalue weighted by Crippen LogP contribution is -2.14. The minimum atomic E-state index is -0.00120. The zero-order valence-corrected chi connectivity index (χ0v) is 7.89.